The Kier molecular flexibility index (Phi) is 7.10. The van der Waals surface area contributed by atoms with Crippen molar-refractivity contribution in [2.75, 3.05) is 58.9 Å². The fraction of sp³-hybridized carbons (Fsp3) is 0.850. The molecule has 0 aromatic carbocycles. The van der Waals surface area contributed by atoms with E-state index in [1.165, 1.54) is 12.8 Å². The zero-order chi connectivity index (χ0) is 19.2. The Bertz CT molecular complexity index is 529. The van der Waals surface area contributed by atoms with E-state index >= 15 is 0 Å². The maximum atomic E-state index is 12.8. The lowest BCUT2D eigenvalue weighted by atomic mass is 9.95. The van der Waals surface area contributed by atoms with Crippen molar-refractivity contribution in [2.24, 2.45) is 5.92 Å². The van der Waals surface area contributed by atoms with E-state index in [9.17, 15) is 14.4 Å². The quantitative estimate of drug-likeness (QED) is 0.728. The molecule has 0 aliphatic carbocycles. The van der Waals surface area contributed by atoms with Crippen LogP contribution in [0.1, 0.15) is 45.4 Å². The first-order chi connectivity index (χ1) is 13.0. The Labute approximate surface area is 162 Å². The molecule has 152 valence electrons. The molecule has 0 spiro atoms. The summed E-state index contributed by atoms with van der Waals surface area (Å²) in [5.74, 6) is 0.700. The summed E-state index contributed by atoms with van der Waals surface area (Å²) >= 11 is 0. The molecule has 3 aliphatic rings. The van der Waals surface area contributed by atoms with Crippen molar-refractivity contribution in [2.45, 2.75) is 45.4 Å². The summed E-state index contributed by atoms with van der Waals surface area (Å²) in [7, 11) is 0. The van der Waals surface area contributed by atoms with Crippen LogP contribution >= 0.6 is 0 Å². The number of amides is 3. The fourth-order valence-electron chi connectivity index (χ4n) is 4.45. The first-order valence-electron chi connectivity index (χ1n) is 10.6. The second-order valence-corrected chi connectivity index (χ2v) is 8.18. The van der Waals surface area contributed by atoms with Crippen LogP contribution in [0.2, 0.25) is 0 Å². The van der Waals surface area contributed by atoms with Crippen molar-refractivity contribution in [3.05, 3.63) is 0 Å². The molecule has 7 heteroatoms. The molecule has 0 unspecified atom stereocenters. The first kappa shape index (κ1) is 20.1. The van der Waals surface area contributed by atoms with Gasteiger partial charge in [-0.05, 0) is 38.8 Å². The molecule has 7 nitrogen and oxygen atoms in total. The molecule has 0 atom stereocenters. The van der Waals surface area contributed by atoms with Crippen molar-refractivity contribution in [1.82, 2.24) is 19.6 Å². The minimum atomic E-state index is 0.0817. The van der Waals surface area contributed by atoms with Crippen LogP contribution in [-0.4, -0.2) is 96.2 Å². The number of nitrogens with zero attached hydrogens (tertiary/aromatic N) is 4. The second-order valence-electron chi connectivity index (χ2n) is 8.18. The van der Waals surface area contributed by atoms with Crippen LogP contribution in [0.4, 0.5) is 0 Å². The van der Waals surface area contributed by atoms with E-state index in [4.69, 9.17) is 0 Å². The molecule has 0 N–H and O–H groups in total. The Morgan fingerprint density at radius 2 is 1.26 bits per heavy atom. The highest BCUT2D eigenvalue weighted by Gasteiger charge is 2.30. The van der Waals surface area contributed by atoms with Gasteiger partial charge in [0.1, 0.15) is 0 Å². The fourth-order valence-corrected chi connectivity index (χ4v) is 4.45. The average Bonchev–Trinajstić information content (AvgIpc) is 2.97. The lowest BCUT2D eigenvalue weighted by Crippen LogP contribution is -2.53. The van der Waals surface area contributed by atoms with E-state index in [1.807, 2.05) is 4.90 Å². The Hall–Kier alpha value is -1.63. The zero-order valence-electron chi connectivity index (χ0n) is 16.7. The third-order valence-corrected chi connectivity index (χ3v) is 6.29. The number of carbonyl (C=O) groups excluding carboxylic acids is 3. The van der Waals surface area contributed by atoms with Gasteiger partial charge in [-0.15, -0.1) is 0 Å². The third-order valence-electron chi connectivity index (χ3n) is 6.29. The van der Waals surface area contributed by atoms with Crippen LogP contribution < -0.4 is 0 Å². The minimum Gasteiger partial charge on any atom is -0.342 e. The van der Waals surface area contributed by atoms with Crippen LogP contribution in [0, 0.1) is 5.92 Å². The molecule has 3 rings (SSSR count). The van der Waals surface area contributed by atoms with E-state index < -0.39 is 0 Å². The highest BCUT2D eigenvalue weighted by Crippen LogP contribution is 2.22. The van der Waals surface area contributed by atoms with Gasteiger partial charge in [-0.25, -0.2) is 0 Å². The minimum absolute atomic E-state index is 0.0817. The molecule has 0 radical (unpaired) electrons. The highest BCUT2D eigenvalue weighted by atomic mass is 16.2. The van der Waals surface area contributed by atoms with Crippen LogP contribution in [0.5, 0.6) is 0 Å². The van der Waals surface area contributed by atoms with Gasteiger partial charge in [0.25, 0.3) is 0 Å². The number of likely N-dealkylation sites (tertiary alicyclic amines) is 2. The molecule has 3 saturated heterocycles. The summed E-state index contributed by atoms with van der Waals surface area (Å²) in [5, 5.41) is 0. The van der Waals surface area contributed by atoms with Gasteiger partial charge in [0, 0.05) is 52.1 Å². The molecule has 3 heterocycles. The maximum absolute atomic E-state index is 12.8. The predicted molar refractivity (Wildman–Crippen MR) is 103 cm³/mol. The summed E-state index contributed by atoms with van der Waals surface area (Å²) in [5.41, 5.74) is 0. The van der Waals surface area contributed by atoms with Crippen molar-refractivity contribution in [1.29, 1.82) is 0 Å². The highest BCUT2D eigenvalue weighted by molar-refractivity contribution is 5.80. The Morgan fingerprint density at radius 1 is 0.704 bits per heavy atom. The second kappa shape index (κ2) is 9.53. The molecule has 3 fully saturated rings. The average molecular weight is 379 g/mol. The van der Waals surface area contributed by atoms with Crippen LogP contribution in [-0.2, 0) is 14.4 Å². The summed E-state index contributed by atoms with van der Waals surface area (Å²) in [6, 6.07) is 0. The van der Waals surface area contributed by atoms with E-state index in [2.05, 4.69) is 9.80 Å². The van der Waals surface area contributed by atoms with Crippen molar-refractivity contribution in [3.8, 4) is 0 Å². The van der Waals surface area contributed by atoms with E-state index in [1.54, 1.807) is 11.8 Å². The van der Waals surface area contributed by atoms with Crippen LogP contribution in [0.25, 0.3) is 0 Å². The van der Waals surface area contributed by atoms with E-state index in [0.717, 1.165) is 51.9 Å². The van der Waals surface area contributed by atoms with Crippen molar-refractivity contribution >= 4 is 17.7 Å². The lowest BCUT2D eigenvalue weighted by molar-refractivity contribution is -0.140. The topological polar surface area (TPSA) is 64.2 Å². The smallest absolute Gasteiger partial charge is 0.236 e. The van der Waals surface area contributed by atoms with Crippen LogP contribution in [0.3, 0.4) is 0 Å². The van der Waals surface area contributed by atoms with Crippen molar-refractivity contribution in [3.63, 3.8) is 0 Å². The van der Waals surface area contributed by atoms with Gasteiger partial charge in [-0.3, -0.25) is 19.3 Å². The van der Waals surface area contributed by atoms with Gasteiger partial charge in [0.15, 0.2) is 0 Å². The molecule has 0 saturated carbocycles. The molecule has 27 heavy (non-hydrogen) atoms. The third kappa shape index (κ3) is 5.43. The SMILES string of the molecule is CC(=O)N1CCN(C(=O)CN2CCC(C(=O)N3CCCCCC3)CC2)CC1. The number of piperidine rings is 1. The van der Waals surface area contributed by atoms with Gasteiger partial charge in [-0.2, -0.15) is 0 Å². The Morgan fingerprint density at radius 3 is 1.81 bits per heavy atom. The predicted octanol–water partition coefficient (Wildman–Crippen LogP) is 0.792. The van der Waals surface area contributed by atoms with Crippen molar-refractivity contribution < 1.29 is 14.4 Å². The number of rotatable bonds is 3. The van der Waals surface area contributed by atoms with E-state index in [-0.39, 0.29) is 17.7 Å². The maximum Gasteiger partial charge on any atom is 0.236 e. The standard InChI is InChI=1S/C20H34N4O3/c1-17(25)22-12-14-23(15-13-22)19(26)16-21-10-6-18(7-11-21)20(27)24-8-4-2-3-5-9-24/h18H,2-16H2,1H3. The molecule has 3 aliphatic heterocycles. The number of hydrogen-bond acceptors (Lipinski definition) is 4. The molecule has 0 aromatic rings. The molecular weight excluding hydrogens is 344 g/mol. The molecule has 3 amide bonds. The zero-order valence-corrected chi connectivity index (χ0v) is 16.7. The summed E-state index contributed by atoms with van der Waals surface area (Å²) in [6.07, 6.45) is 6.48. The largest absolute Gasteiger partial charge is 0.342 e. The normalized spacial score (nSPS) is 23.2. The van der Waals surface area contributed by atoms with Gasteiger partial charge in [0.2, 0.25) is 17.7 Å². The molecular formula is C20H34N4O3. The number of piperazine rings is 1. The summed E-state index contributed by atoms with van der Waals surface area (Å²) in [4.78, 5) is 44.6. The van der Waals surface area contributed by atoms with Gasteiger partial charge >= 0.3 is 0 Å². The van der Waals surface area contributed by atoms with E-state index in [0.29, 0.717) is 38.6 Å². The van der Waals surface area contributed by atoms with Gasteiger partial charge in [-0.1, -0.05) is 12.8 Å². The number of carbonyl (C=O) groups is 3. The van der Waals surface area contributed by atoms with Crippen LogP contribution in [0.15, 0.2) is 0 Å². The summed E-state index contributed by atoms with van der Waals surface area (Å²) in [6.45, 7) is 8.02. The Balaban J connectivity index is 1.39. The molecule has 0 aromatic heterocycles. The number of hydrogen-bond donors (Lipinski definition) is 0. The van der Waals surface area contributed by atoms with Gasteiger partial charge < -0.3 is 14.7 Å². The summed E-state index contributed by atoms with van der Waals surface area (Å²) < 4.78 is 0. The lowest BCUT2D eigenvalue weighted by Gasteiger charge is -2.37. The van der Waals surface area contributed by atoms with Gasteiger partial charge in [0.05, 0.1) is 6.54 Å². The molecule has 0 bridgehead atoms. The monoisotopic (exact) mass is 378 g/mol. The first-order valence-corrected chi connectivity index (χ1v) is 10.6.